The lowest BCUT2D eigenvalue weighted by atomic mass is 9.99. The van der Waals surface area contributed by atoms with Crippen molar-refractivity contribution in [3.63, 3.8) is 0 Å². The van der Waals surface area contributed by atoms with Gasteiger partial charge in [0.25, 0.3) is 5.91 Å². The van der Waals surface area contributed by atoms with E-state index in [2.05, 4.69) is 16.0 Å². The molecule has 3 rings (SSSR count). The fourth-order valence-corrected chi connectivity index (χ4v) is 4.30. The highest BCUT2D eigenvalue weighted by Gasteiger charge is 2.35. The molecular formula is C28H36F3N5O5. The van der Waals surface area contributed by atoms with E-state index < -0.39 is 35.8 Å². The number of anilines is 2. The molecule has 0 saturated heterocycles. The molecule has 0 bridgehead atoms. The van der Waals surface area contributed by atoms with Crippen LogP contribution in [0.25, 0.3) is 0 Å². The molecule has 0 unspecified atom stereocenters. The number of amides is 5. The molecule has 0 aromatic heterocycles. The predicted molar refractivity (Wildman–Crippen MR) is 148 cm³/mol. The van der Waals surface area contributed by atoms with E-state index in [0.29, 0.717) is 0 Å². The SMILES string of the molecule is CC(C)NC(=O)N(C)C[C@@H]1Oc2c(NC(=O)Nc3ccc(C(F)(F)F)cc3)cccc2C(=O)N([C@@H](C)CO)C[C@H]1C. The molecule has 1 heterocycles. The number of nitrogens with one attached hydrogen (secondary N) is 3. The number of aliphatic hydroxyl groups excluding tert-OH is 1. The van der Waals surface area contributed by atoms with Crippen LogP contribution < -0.4 is 20.7 Å². The largest absolute Gasteiger partial charge is 0.485 e. The standard InChI is InChI=1S/C28H36F3N5O5/c1-16(2)32-27(40)35(5)14-23-17(3)13-36(18(4)15-37)25(38)21-7-6-8-22(24(21)41-23)34-26(39)33-20-11-9-19(10-12-20)28(29,30)31/h6-12,16-18,23,37H,13-15H2,1-5H3,(H,32,40)(H2,33,34,39)/t17-,18+,23+/m1/s1. The summed E-state index contributed by atoms with van der Waals surface area (Å²) in [6, 6.07) is 6.90. The number of hydrogen-bond acceptors (Lipinski definition) is 5. The first-order valence-electron chi connectivity index (χ1n) is 13.2. The molecule has 2 aromatic rings. The molecule has 0 aliphatic carbocycles. The van der Waals surface area contributed by atoms with Gasteiger partial charge in [-0.05, 0) is 57.2 Å². The second kappa shape index (κ2) is 13.1. The number of nitrogens with zero attached hydrogens (tertiary/aromatic N) is 2. The van der Waals surface area contributed by atoms with Crippen molar-refractivity contribution in [1.82, 2.24) is 15.1 Å². The minimum atomic E-state index is -4.51. The zero-order valence-electron chi connectivity index (χ0n) is 23.6. The Morgan fingerprint density at radius 2 is 1.78 bits per heavy atom. The summed E-state index contributed by atoms with van der Waals surface area (Å²) in [5.74, 6) is -0.626. The molecule has 13 heteroatoms. The zero-order chi connectivity index (χ0) is 30.5. The lowest BCUT2D eigenvalue weighted by Crippen LogP contribution is -2.51. The van der Waals surface area contributed by atoms with Crippen LogP contribution in [0.4, 0.5) is 34.1 Å². The molecule has 1 aliphatic rings. The molecule has 0 fully saturated rings. The summed E-state index contributed by atoms with van der Waals surface area (Å²) in [6.45, 7) is 7.38. The van der Waals surface area contributed by atoms with Crippen LogP contribution in [0.1, 0.15) is 43.6 Å². The zero-order valence-corrected chi connectivity index (χ0v) is 23.6. The van der Waals surface area contributed by atoms with Crippen molar-refractivity contribution in [3.8, 4) is 5.75 Å². The maximum Gasteiger partial charge on any atom is 0.416 e. The number of rotatable bonds is 7. The lowest BCUT2D eigenvalue weighted by molar-refractivity contribution is -0.137. The number of urea groups is 2. The number of likely N-dealkylation sites (N-methyl/N-ethyl adjacent to an activating group) is 1. The number of benzene rings is 2. The maximum absolute atomic E-state index is 13.6. The van der Waals surface area contributed by atoms with Gasteiger partial charge in [0.15, 0.2) is 5.75 Å². The van der Waals surface area contributed by atoms with E-state index >= 15 is 0 Å². The Bertz CT molecular complexity index is 1240. The molecule has 41 heavy (non-hydrogen) atoms. The first-order chi connectivity index (χ1) is 19.2. The molecule has 1 aliphatic heterocycles. The molecule has 10 nitrogen and oxygen atoms in total. The summed E-state index contributed by atoms with van der Waals surface area (Å²) >= 11 is 0. The van der Waals surface area contributed by atoms with Crippen LogP contribution in [0.15, 0.2) is 42.5 Å². The second-order valence-electron chi connectivity index (χ2n) is 10.4. The average molecular weight is 580 g/mol. The number of carbonyl (C=O) groups excluding carboxylic acids is 3. The fraction of sp³-hybridized carbons (Fsp3) is 0.464. The first kappa shape index (κ1) is 31.5. The van der Waals surface area contributed by atoms with Gasteiger partial charge < -0.3 is 35.6 Å². The number of alkyl halides is 3. The van der Waals surface area contributed by atoms with Crippen molar-refractivity contribution >= 4 is 29.3 Å². The number of ether oxygens (including phenoxy) is 1. The third-order valence-electron chi connectivity index (χ3n) is 6.62. The quantitative estimate of drug-likeness (QED) is 0.381. The van der Waals surface area contributed by atoms with E-state index in [-0.39, 0.29) is 60.4 Å². The van der Waals surface area contributed by atoms with Crippen LogP contribution >= 0.6 is 0 Å². The van der Waals surface area contributed by atoms with Gasteiger partial charge in [0.2, 0.25) is 0 Å². The topological polar surface area (TPSA) is 123 Å². The maximum atomic E-state index is 13.6. The summed E-state index contributed by atoms with van der Waals surface area (Å²) in [6.07, 6.45) is -5.12. The summed E-state index contributed by atoms with van der Waals surface area (Å²) < 4.78 is 45.0. The molecule has 4 N–H and O–H groups in total. The summed E-state index contributed by atoms with van der Waals surface area (Å²) in [4.78, 5) is 42.0. The van der Waals surface area contributed by atoms with Gasteiger partial charge in [0.1, 0.15) is 6.10 Å². The van der Waals surface area contributed by atoms with Crippen LogP contribution in [0.3, 0.4) is 0 Å². The Morgan fingerprint density at radius 1 is 1.12 bits per heavy atom. The number of halogens is 3. The van der Waals surface area contributed by atoms with E-state index in [1.165, 1.54) is 21.9 Å². The first-order valence-corrected chi connectivity index (χ1v) is 13.2. The molecule has 0 radical (unpaired) electrons. The number of aliphatic hydroxyl groups is 1. The average Bonchev–Trinajstić information content (AvgIpc) is 2.89. The number of fused-ring (bicyclic) bond motifs is 1. The van der Waals surface area contributed by atoms with Crippen molar-refractivity contribution < 1.29 is 37.4 Å². The van der Waals surface area contributed by atoms with Crippen molar-refractivity contribution in [2.45, 2.75) is 52.1 Å². The van der Waals surface area contributed by atoms with E-state index in [1.807, 2.05) is 20.8 Å². The summed E-state index contributed by atoms with van der Waals surface area (Å²) in [5.41, 5.74) is -0.443. The highest BCUT2D eigenvalue weighted by molar-refractivity contribution is 6.04. The Labute approximate surface area is 236 Å². The molecular weight excluding hydrogens is 543 g/mol. The highest BCUT2D eigenvalue weighted by Crippen LogP contribution is 2.35. The van der Waals surface area contributed by atoms with Gasteiger partial charge in [-0.25, -0.2) is 9.59 Å². The van der Waals surface area contributed by atoms with Crippen molar-refractivity contribution in [1.29, 1.82) is 0 Å². The summed E-state index contributed by atoms with van der Waals surface area (Å²) in [7, 11) is 1.62. The highest BCUT2D eigenvalue weighted by atomic mass is 19.4. The molecule has 2 aromatic carbocycles. The normalized spacial score (nSPS) is 18.0. The number of carbonyl (C=O) groups is 3. The van der Waals surface area contributed by atoms with E-state index in [1.54, 1.807) is 20.0 Å². The van der Waals surface area contributed by atoms with Crippen LogP contribution in [0, 0.1) is 5.92 Å². The van der Waals surface area contributed by atoms with Gasteiger partial charge in [-0.15, -0.1) is 0 Å². The van der Waals surface area contributed by atoms with Gasteiger partial charge in [0, 0.05) is 31.2 Å². The monoisotopic (exact) mass is 579 g/mol. The van der Waals surface area contributed by atoms with Crippen LogP contribution in [-0.4, -0.2) is 77.8 Å². The third-order valence-corrected chi connectivity index (χ3v) is 6.62. The van der Waals surface area contributed by atoms with E-state index in [0.717, 1.165) is 24.3 Å². The Kier molecular flexibility index (Phi) is 10.1. The van der Waals surface area contributed by atoms with Gasteiger partial charge in [-0.2, -0.15) is 13.2 Å². The van der Waals surface area contributed by atoms with Gasteiger partial charge in [0.05, 0.1) is 36.0 Å². The van der Waals surface area contributed by atoms with Crippen molar-refractivity contribution in [2.75, 3.05) is 37.4 Å². The Hall–Kier alpha value is -4.00. The molecule has 224 valence electrons. The Morgan fingerprint density at radius 3 is 2.37 bits per heavy atom. The van der Waals surface area contributed by atoms with Crippen molar-refractivity contribution in [3.05, 3.63) is 53.6 Å². The predicted octanol–water partition coefficient (Wildman–Crippen LogP) is 4.62. The van der Waals surface area contributed by atoms with Crippen LogP contribution in [0.5, 0.6) is 5.75 Å². The third kappa shape index (κ3) is 8.03. The number of para-hydroxylation sites is 1. The molecule has 3 atom stereocenters. The minimum absolute atomic E-state index is 0.0735. The van der Waals surface area contributed by atoms with Crippen LogP contribution in [-0.2, 0) is 6.18 Å². The fourth-order valence-electron chi connectivity index (χ4n) is 4.30. The molecule has 5 amide bonds. The molecule has 0 spiro atoms. The smallest absolute Gasteiger partial charge is 0.416 e. The minimum Gasteiger partial charge on any atom is -0.485 e. The second-order valence-corrected chi connectivity index (χ2v) is 10.4. The van der Waals surface area contributed by atoms with Crippen LogP contribution in [0.2, 0.25) is 0 Å². The Balaban J connectivity index is 1.92. The molecule has 0 saturated carbocycles. The van der Waals surface area contributed by atoms with Gasteiger partial charge in [-0.1, -0.05) is 13.0 Å². The number of hydrogen-bond donors (Lipinski definition) is 4. The van der Waals surface area contributed by atoms with Crippen molar-refractivity contribution in [2.24, 2.45) is 5.92 Å². The lowest BCUT2D eigenvalue weighted by Gasteiger charge is -2.38. The van der Waals surface area contributed by atoms with E-state index in [4.69, 9.17) is 4.74 Å². The van der Waals surface area contributed by atoms with Gasteiger partial charge >= 0.3 is 18.2 Å². The van der Waals surface area contributed by atoms with Gasteiger partial charge in [-0.3, -0.25) is 4.79 Å². The van der Waals surface area contributed by atoms with E-state index in [9.17, 15) is 32.7 Å². The summed E-state index contributed by atoms with van der Waals surface area (Å²) in [5, 5.41) is 17.7.